The molecule has 1 aliphatic heterocycles. The van der Waals surface area contributed by atoms with E-state index in [1.165, 1.54) is 6.20 Å². The zero-order valence-electron chi connectivity index (χ0n) is 18.5. The summed E-state index contributed by atoms with van der Waals surface area (Å²) in [6.45, 7) is 6.79. The number of amides is 2. The van der Waals surface area contributed by atoms with Crippen LogP contribution < -0.4 is 15.5 Å². The number of nitrogens with one attached hydrogen (secondary N) is 2. The number of likely N-dealkylation sites (N-methyl/N-ethyl adjacent to an activating group) is 1. The minimum atomic E-state index is -0.186. The fourth-order valence-electron chi connectivity index (χ4n) is 3.41. The van der Waals surface area contributed by atoms with E-state index in [0.29, 0.717) is 44.0 Å². The van der Waals surface area contributed by atoms with E-state index in [4.69, 9.17) is 0 Å². The van der Waals surface area contributed by atoms with Crippen molar-refractivity contribution in [2.45, 2.75) is 6.92 Å². The lowest BCUT2D eigenvalue weighted by atomic mass is 10.2. The second-order valence-electron chi connectivity index (χ2n) is 7.68. The molecule has 1 aliphatic rings. The van der Waals surface area contributed by atoms with Crippen molar-refractivity contribution in [1.29, 1.82) is 0 Å². The van der Waals surface area contributed by atoms with Crippen molar-refractivity contribution in [3.05, 3.63) is 47.9 Å². The molecule has 1 fully saturated rings. The molecule has 1 saturated heterocycles. The van der Waals surface area contributed by atoms with E-state index in [2.05, 4.69) is 32.4 Å². The highest BCUT2D eigenvalue weighted by Gasteiger charge is 2.25. The first kappa shape index (κ1) is 22.5. The van der Waals surface area contributed by atoms with E-state index in [0.717, 1.165) is 24.6 Å². The molecule has 2 amide bonds. The third-order valence-corrected chi connectivity index (χ3v) is 5.11. The number of hydrogen-bond donors (Lipinski definition) is 2. The van der Waals surface area contributed by atoms with Crippen LogP contribution >= 0.6 is 0 Å². The Labute approximate surface area is 183 Å². The SMILES string of the molecule is CCNc1cccnc1N1CCN(C(=O)c2ccc(C(=O)NCCN(C)C)cn2)CC1. The van der Waals surface area contributed by atoms with Gasteiger partial charge in [0, 0.05) is 58.2 Å². The number of nitrogens with zero attached hydrogens (tertiary/aromatic N) is 5. The standard InChI is InChI=1S/C22H31N7O2/c1-4-23-18-6-5-9-24-20(18)28-12-14-29(15-13-28)22(31)19-8-7-17(16-26-19)21(30)25-10-11-27(2)3/h5-9,16,23H,4,10-15H2,1-3H3,(H,25,30). The second kappa shape index (κ2) is 10.7. The van der Waals surface area contributed by atoms with Gasteiger partial charge in [-0.1, -0.05) is 0 Å². The summed E-state index contributed by atoms with van der Waals surface area (Å²) in [7, 11) is 3.90. The number of carbonyl (C=O) groups excluding carboxylic acids is 2. The van der Waals surface area contributed by atoms with E-state index in [1.54, 1.807) is 23.2 Å². The van der Waals surface area contributed by atoms with Crippen LogP contribution in [0.3, 0.4) is 0 Å². The molecule has 0 saturated carbocycles. The van der Waals surface area contributed by atoms with Crippen LogP contribution in [0.5, 0.6) is 0 Å². The topological polar surface area (TPSA) is 93.7 Å². The molecule has 166 valence electrons. The van der Waals surface area contributed by atoms with Crippen LogP contribution in [0.15, 0.2) is 36.7 Å². The number of carbonyl (C=O) groups is 2. The zero-order valence-corrected chi connectivity index (χ0v) is 18.5. The van der Waals surface area contributed by atoms with Crippen LogP contribution in [-0.2, 0) is 0 Å². The summed E-state index contributed by atoms with van der Waals surface area (Å²) in [5.41, 5.74) is 1.81. The number of pyridine rings is 2. The Morgan fingerprint density at radius 1 is 1.10 bits per heavy atom. The van der Waals surface area contributed by atoms with Crippen molar-refractivity contribution in [2.24, 2.45) is 0 Å². The van der Waals surface area contributed by atoms with Gasteiger partial charge >= 0.3 is 0 Å². The number of piperazine rings is 1. The summed E-state index contributed by atoms with van der Waals surface area (Å²) in [5, 5.41) is 6.18. The first-order valence-corrected chi connectivity index (χ1v) is 10.6. The van der Waals surface area contributed by atoms with Crippen LogP contribution in [0.4, 0.5) is 11.5 Å². The van der Waals surface area contributed by atoms with E-state index >= 15 is 0 Å². The van der Waals surface area contributed by atoms with Crippen LogP contribution in [0, 0.1) is 0 Å². The van der Waals surface area contributed by atoms with Crippen molar-refractivity contribution in [3.63, 3.8) is 0 Å². The van der Waals surface area contributed by atoms with Gasteiger partial charge < -0.3 is 25.3 Å². The predicted octanol–water partition coefficient (Wildman–Crippen LogP) is 1.16. The van der Waals surface area contributed by atoms with Gasteiger partial charge in [-0.15, -0.1) is 0 Å². The van der Waals surface area contributed by atoms with Gasteiger partial charge in [0.25, 0.3) is 11.8 Å². The molecule has 0 aromatic carbocycles. The summed E-state index contributed by atoms with van der Waals surface area (Å²) in [5.74, 6) is 0.611. The van der Waals surface area contributed by atoms with Gasteiger partial charge in [-0.05, 0) is 45.3 Å². The smallest absolute Gasteiger partial charge is 0.272 e. The maximum atomic E-state index is 12.9. The van der Waals surface area contributed by atoms with E-state index in [-0.39, 0.29) is 11.8 Å². The van der Waals surface area contributed by atoms with Crippen molar-refractivity contribution >= 4 is 23.3 Å². The van der Waals surface area contributed by atoms with Crippen molar-refractivity contribution in [2.75, 3.05) is 70.1 Å². The van der Waals surface area contributed by atoms with Gasteiger partial charge in [-0.25, -0.2) is 4.98 Å². The van der Waals surface area contributed by atoms with Crippen molar-refractivity contribution in [1.82, 2.24) is 25.1 Å². The zero-order chi connectivity index (χ0) is 22.2. The summed E-state index contributed by atoms with van der Waals surface area (Å²) < 4.78 is 0. The molecule has 31 heavy (non-hydrogen) atoms. The summed E-state index contributed by atoms with van der Waals surface area (Å²) in [6.07, 6.45) is 3.25. The molecule has 0 unspecified atom stereocenters. The molecule has 0 atom stereocenters. The molecule has 0 bridgehead atoms. The van der Waals surface area contributed by atoms with E-state index in [1.807, 2.05) is 31.1 Å². The molecule has 2 N–H and O–H groups in total. The minimum absolute atomic E-state index is 0.118. The molecule has 9 heteroatoms. The average Bonchev–Trinajstić information content (AvgIpc) is 2.79. The number of rotatable bonds is 8. The largest absolute Gasteiger partial charge is 0.382 e. The number of anilines is 2. The highest BCUT2D eigenvalue weighted by Crippen LogP contribution is 2.24. The lowest BCUT2D eigenvalue weighted by Crippen LogP contribution is -2.49. The summed E-state index contributed by atoms with van der Waals surface area (Å²) >= 11 is 0. The molecule has 0 spiro atoms. The Kier molecular flexibility index (Phi) is 7.77. The first-order valence-electron chi connectivity index (χ1n) is 10.6. The van der Waals surface area contributed by atoms with Crippen molar-refractivity contribution in [3.8, 4) is 0 Å². The highest BCUT2D eigenvalue weighted by molar-refractivity contribution is 5.96. The Bertz CT molecular complexity index is 878. The van der Waals surface area contributed by atoms with E-state index in [9.17, 15) is 9.59 Å². The fraction of sp³-hybridized carbons (Fsp3) is 0.455. The van der Waals surface area contributed by atoms with Gasteiger partial charge in [0.1, 0.15) is 5.69 Å². The molecule has 0 aliphatic carbocycles. The lowest BCUT2D eigenvalue weighted by molar-refractivity contribution is 0.0740. The van der Waals surface area contributed by atoms with Crippen LogP contribution in [0.25, 0.3) is 0 Å². The van der Waals surface area contributed by atoms with Gasteiger partial charge in [0.05, 0.1) is 11.3 Å². The Morgan fingerprint density at radius 3 is 2.52 bits per heavy atom. The molecule has 2 aromatic rings. The second-order valence-corrected chi connectivity index (χ2v) is 7.68. The molecular weight excluding hydrogens is 394 g/mol. The Morgan fingerprint density at radius 2 is 1.87 bits per heavy atom. The maximum Gasteiger partial charge on any atom is 0.272 e. The van der Waals surface area contributed by atoms with Crippen LogP contribution in [0.1, 0.15) is 27.8 Å². The summed E-state index contributed by atoms with van der Waals surface area (Å²) in [4.78, 5) is 39.8. The predicted molar refractivity (Wildman–Crippen MR) is 122 cm³/mol. The van der Waals surface area contributed by atoms with Crippen molar-refractivity contribution < 1.29 is 9.59 Å². The first-order chi connectivity index (χ1) is 15.0. The van der Waals surface area contributed by atoms with Crippen LogP contribution in [-0.4, -0.2) is 91.5 Å². The number of hydrogen-bond acceptors (Lipinski definition) is 7. The lowest BCUT2D eigenvalue weighted by Gasteiger charge is -2.36. The highest BCUT2D eigenvalue weighted by atomic mass is 16.2. The quantitative estimate of drug-likeness (QED) is 0.656. The minimum Gasteiger partial charge on any atom is -0.382 e. The molecule has 0 radical (unpaired) electrons. The summed E-state index contributed by atoms with van der Waals surface area (Å²) in [6, 6.07) is 7.21. The molecular formula is C22H31N7O2. The Hall–Kier alpha value is -3.20. The van der Waals surface area contributed by atoms with Crippen LogP contribution in [0.2, 0.25) is 0 Å². The number of aromatic nitrogens is 2. The van der Waals surface area contributed by atoms with Gasteiger partial charge in [-0.2, -0.15) is 0 Å². The molecule has 2 aromatic heterocycles. The average molecular weight is 426 g/mol. The third kappa shape index (κ3) is 5.91. The van der Waals surface area contributed by atoms with E-state index < -0.39 is 0 Å². The monoisotopic (exact) mass is 425 g/mol. The Balaban J connectivity index is 1.55. The molecule has 3 rings (SSSR count). The van der Waals surface area contributed by atoms with Gasteiger partial charge in [-0.3, -0.25) is 14.6 Å². The maximum absolute atomic E-state index is 12.9. The molecule has 9 nitrogen and oxygen atoms in total. The molecule has 3 heterocycles. The normalized spacial score (nSPS) is 13.9. The fourth-order valence-corrected chi connectivity index (χ4v) is 3.41. The third-order valence-electron chi connectivity index (χ3n) is 5.11. The van der Waals surface area contributed by atoms with Gasteiger partial charge in [0.15, 0.2) is 5.82 Å². The van der Waals surface area contributed by atoms with Gasteiger partial charge in [0.2, 0.25) is 0 Å².